The Hall–Kier alpha value is -0.540. The molecule has 1 N–H and O–H groups in total. The molecule has 0 saturated carbocycles. The molecule has 1 aromatic heterocycles. The Morgan fingerprint density at radius 2 is 2.46 bits per heavy atom. The summed E-state index contributed by atoms with van der Waals surface area (Å²) in [6, 6.07) is 4.02. The zero-order valence-electron chi connectivity index (χ0n) is 7.81. The van der Waals surface area contributed by atoms with Crippen molar-refractivity contribution in [3.8, 4) is 0 Å². The molecule has 2 nitrogen and oxygen atoms in total. The van der Waals surface area contributed by atoms with Crippen LogP contribution in [0.5, 0.6) is 0 Å². The predicted octanol–water partition coefficient (Wildman–Crippen LogP) is 1.94. The van der Waals surface area contributed by atoms with Crippen LogP contribution in [0.3, 0.4) is 0 Å². The third-order valence-corrected chi connectivity index (χ3v) is 3.05. The van der Waals surface area contributed by atoms with E-state index in [1.54, 1.807) is 6.20 Å². The maximum Gasteiger partial charge on any atom is 0.0464 e. The Labute approximate surface area is 83.4 Å². The number of hydrogen-bond acceptors (Lipinski definition) is 3. The van der Waals surface area contributed by atoms with Crippen LogP contribution in [0.15, 0.2) is 24.5 Å². The van der Waals surface area contributed by atoms with E-state index < -0.39 is 0 Å². The molecule has 0 aliphatic carbocycles. The van der Waals surface area contributed by atoms with Crippen molar-refractivity contribution in [3.05, 3.63) is 30.1 Å². The van der Waals surface area contributed by atoms with E-state index >= 15 is 0 Å². The molecule has 1 unspecified atom stereocenters. The Morgan fingerprint density at radius 3 is 3.08 bits per heavy atom. The average Bonchev–Trinajstić information content (AvgIpc) is 2.19. The highest BCUT2D eigenvalue weighted by atomic mass is 32.2. The van der Waals surface area contributed by atoms with E-state index in [-0.39, 0.29) is 6.61 Å². The number of nitrogens with zero attached hydrogens (tertiary/aromatic N) is 1. The van der Waals surface area contributed by atoms with E-state index in [9.17, 15) is 0 Å². The van der Waals surface area contributed by atoms with Crippen molar-refractivity contribution in [2.24, 2.45) is 5.92 Å². The maximum absolute atomic E-state index is 8.81. The molecule has 0 aliphatic rings. The van der Waals surface area contributed by atoms with E-state index in [0.717, 1.165) is 11.5 Å². The fourth-order valence-electron chi connectivity index (χ4n) is 0.914. The lowest BCUT2D eigenvalue weighted by Crippen LogP contribution is -2.03. The number of aromatic nitrogens is 1. The van der Waals surface area contributed by atoms with Gasteiger partial charge in [-0.25, -0.2) is 0 Å². The molecule has 0 radical (unpaired) electrons. The van der Waals surface area contributed by atoms with Gasteiger partial charge in [-0.1, -0.05) is 13.0 Å². The van der Waals surface area contributed by atoms with Crippen LogP contribution in [0.4, 0.5) is 0 Å². The van der Waals surface area contributed by atoms with Gasteiger partial charge in [0.25, 0.3) is 0 Å². The Bertz CT molecular complexity index is 228. The first-order chi connectivity index (χ1) is 6.33. The highest BCUT2D eigenvalue weighted by molar-refractivity contribution is 7.98. The molecule has 72 valence electrons. The Kier molecular flexibility index (Phi) is 4.86. The van der Waals surface area contributed by atoms with Gasteiger partial charge in [0.15, 0.2) is 0 Å². The van der Waals surface area contributed by atoms with E-state index in [1.807, 2.05) is 24.0 Å². The van der Waals surface area contributed by atoms with Crippen molar-refractivity contribution in [2.45, 2.75) is 12.7 Å². The van der Waals surface area contributed by atoms with Crippen LogP contribution < -0.4 is 0 Å². The van der Waals surface area contributed by atoms with Crippen molar-refractivity contribution in [2.75, 3.05) is 12.4 Å². The lowest BCUT2D eigenvalue weighted by Gasteiger charge is -2.06. The van der Waals surface area contributed by atoms with Crippen LogP contribution in [-0.4, -0.2) is 22.5 Å². The summed E-state index contributed by atoms with van der Waals surface area (Å²) in [5, 5.41) is 8.81. The minimum atomic E-state index is 0.278. The van der Waals surface area contributed by atoms with Crippen LogP contribution in [0, 0.1) is 5.92 Å². The number of hydrogen-bond donors (Lipinski definition) is 1. The number of aliphatic hydroxyl groups excluding tert-OH is 1. The fraction of sp³-hybridized carbons (Fsp3) is 0.500. The molecule has 0 amide bonds. The lowest BCUT2D eigenvalue weighted by molar-refractivity contribution is 0.250. The molecular weight excluding hydrogens is 182 g/mol. The van der Waals surface area contributed by atoms with Gasteiger partial charge in [0.05, 0.1) is 0 Å². The summed E-state index contributed by atoms with van der Waals surface area (Å²) in [6.45, 7) is 2.33. The highest BCUT2D eigenvalue weighted by Gasteiger charge is 1.99. The third kappa shape index (κ3) is 4.29. The van der Waals surface area contributed by atoms with E-state index in [2.05, 4.69) is 18.0 Å². The smallest absolute Gasteiger partial charge is 0.0464 e. The summed E-state index contributed by atoms with van der Waals surface area (Å²) in [5.41, 5.74) is 1.25. The van der Waals surface area contributed by atoms with Gasteiger partial charge in [0, 0.05) is 24.8 Å². The van der Waals surface area contributed by atoms with Gasteiger partial charge in [-0.3, -0.25) is 4.98 Å². The zero-order valence-corrected chi connectivity index (χ0v) is 8.63. The average molecular weight is 197 g/mol. The van der Waals surface area contributed by atoms with Crippen molar-refractivity contribution in [1.29, 1.82) is 0 Å². The highest BCUT2D eigenvalue weighted by Crippen LogP contribution is 2.13. The largest absolute Gasteiger partial charge is 0.396 e. The van der Waals surface area contributed by atoms with Gasteiger partial charge >= 0.3 is 0 Å². The van der Waals surface area contributed by atoms with Crippen molar-refractivity contribution >= 4 is 11.8 Å². The van der Waals surface area contributed by atoms with Crippen LogP contribution in [0.2, 0.25) is 0 Å². The number of rotatable bonds is 5. The van der Waals surface area contributed by atoms with Crippen molar-refractivity contribution in [1.82, 2.24) is 4.98 Å². The monoisotopic (exact) mass is 197 g/mol. The second-order valence-electron chi connectivity index (χ2n) is 3.16. The Balaban J connectivity index is 2.20. The van der Waals surface area contributed by atoms with Gasteiger partial charge in [0.1, 0.15) is 0 Å². The molecule has 1 heterocycles. The quantitative estimate of drug-likeness (QED) is 0.783. The number of pyridine rings is 1. The first kappa shape index (κ1) is 10.5. The van der Waals surface area contributed by atoms with Crippen molar-refractivity contribution in [3.63, 3.8) is 0 Å². The molecule has 0 fully saturated rings. The van der Waals surface area contributed by atoms with Gasteiger partial charge < -0.3 is 5.11 Å². The summed E-state index contributed by atoms with van der Waals surface area (Å²) in [6.07, 6.45) is 3.67. The normalized spacial score (nSPS) is 12.8. The summed E-state index contributed by atoms with van der Waals surface area (Å²) in [7, 11) is 0. The fourth-order valence-corrected chi connectivity index (χ4v) is 1.95. The number of thioether (sulfide) groups is 1. The van der Waals surface area contributed by atoms with Crippen LogP contribution in [0.25, 0.3) is 0 Å². The van der Waals surface area contributed by atoms with Crippen LogP contribution >= 0.6 is 11.8 Å². The molecule has 3 heteroatoms. The topological polar surface area (TPSA) is 33.1 Å². The van der Waals surface area contributed by atoms with Crippen LogP contribution in [0.1, 0.15) is 12.5 Å². The van der Waals surface area contributed by atoms with Crippen molar-refractivity contribution < 1.29 is 5.11 Å². The molecule has 0 saturated heterocycles. The van der Waals surface area contributed by atoms with E-state index in [0.29, 0.717) is 5.92 Å². The molecule has 0 spiro atoms. The minimum absolute atomic E-state index is 0.278. The van der Waals surface area contributed by atoms with Gasteiger partial charge in [-0.2, -0.15) is 11.8 Å². The number of aliphatic hydroxyl groups is 1. The lowest BCUT2D eigenvalue weighted by atomic mass is 10.2. The zero-order chi connectivity index (χ0) is 9.52. The molecular formula is C10H15NOS. The van der Waals surface area contributed by atoms with E-state index in [1.165, 1.54) is 5.56 Å². The van der Waals surface area contributed by atoms with Gasteiger partial charge in [-0.15, -0.1) is 0 Å². The summed E-state index contributed by atoms with van der Waals surface area (Å²) in [5.74, 6) is 2.38. The third-order valence-electron chi connectivity index (χ3n) is 1.71. The summed E-state index contributed by atoms with van der Waals surface area (Å²) in [4.78, 5) is 4.04. The predicted molar refractivity (Wildman–Crippen MR) is 56.6 cm³/mol. The minimum Gasteiger partial charge on any atom is -0.396 e. The molecule has 13 heavy (non-hydrogen) atoms. The molecule has 0 aliphatic heterocycles. The SMILES string of the molecule is CC(CO)CSCc1cccnc1. The van der Waals surface area contributed by atoms with Crippen LogP contribution in [-0.2, 0) is 5.75 Å². The molecule has 1 aromatic rings. The van der Waals surface area contributed by atoms with Gasteiger partial charge in [-0.05, 0) is 23.3 Å². The summed E-state index contributed by atoms with van der Waals surface area (Å²) >= 11 is 1.84. The molecule has 0 bridgehead atoms. The standard InChI is InChI=1S/C10H15NOS/c1-9(6-12)7-13-8-10-3-2-4-11-5-10/h2-5,9,12H,6-8H2,1H3. The first-order valence-corrected chi connectivity index (χ1v) is 5.56. The van der Waals surface area contributed by atoms with E-state index in [4.69, 9.17) is 5.11 Å². The molecule has 0 aromatic carbocycles. The second kappa shape index (κ2) is 6.00. The Morgan fingerprint density at radius 1 is 1.62 bits per heavy atom. The second-order valence-corrected chi connectivity index (χ2v) is 4.19. The maximum atomic E-state index is 8.81. The first-order valence-electron chi connectivity index (χ1n) is 4.40. The molecule has 1 atom stereocenters. The summed E-state index contributed by atoms with van der Waals surface area (Å²) < 4.78 is 0. The molecule has 1 rings (SSSR count). The van der Waals surface area contributed by atoms with Gasteiger partial charge in [0.2, 0.25) is 0 Å².